The van der Waals surface area contributed by atoms with Crippen LogP contribution in [0.1, 0.15) is 19.4 Å². The van der Waals surface area contributed by atoms with Crippen molar-refractivity contribution >= 4 is 40.6 Å². The number of fused-ring (bicyclic) bond motifs is 2. The first-order valence-corrected chi connectivity index (χ1v) is 11.2. The Morgan fingerprint density at radius 3 is 2.94 bits per heavy atom. The first-order chi connectivity index (χ1) is 15.0. The molecule has 0 atom stereocenters. The number of aromatic nitrogens is 4. The molecular formula is C21H24N6O3S. The molecule has 4 rings (SSSR count). The Morgan fingerprint density at radius 2 is 2.13 bits per heavy atom. The molecule has 2 N–H and O–H groups in total. The second-order valence-corrected chi connectivity index (χ2v) is 7.97. The van der Waals surface area contributed by atoms with Gasteiger partial charge < -0.3 is 20.1 Å². The highest BCUT2D eigenvalue weighted by Crippen LogP contribution is 2.32. The van der Waals surface area contributed by atoms with Crippen LogP contribution in [0.3, 0.4) is 0 Å². The largest absolute Gasteiger partial charge is 0.454 e. The summed E-state index contributed by atoms with van der Waals surface area (Å²) in [5, 5.41) is 12.2. The molecular weight excluding hydrogens is 416 g/mol. The maximum absolute atomic E-state index is 12.2. The van der Waals surface area contributed by atoms with Crippen LogP contribution in [0.4, 0.5) is 5.82 Å². The van der Waals surface area contributed by atoms with Crippen molar-refractivity contribution < 1.29 is 14.3 Å². The van der Waals surface area contributed by atoms with Gasteiger partial charge in [-0.15, -0.1) is 0 Å². The Morgan fingerprint density at radius 1 is 1.29 bits per heavy atom. The summed E-state index contributed by atoms with van der Waals surface area (Å²) in [4.78, 5) is 21.3. The highest BCUT2D eigenvalue weighted by molar-refractivity contribution is 7.98. The minimum absolute atomic E-state index is 0.185. The molecule has 0 aliphatic carbocycles. The number of hydrogen-bond donors (Lipinski definition) is 2. The monoisotopic (exact) mass is 440 g/mol. The van der Waals surface area contributed by atoms with E-state index in [1.165, 1.54) is 17.8 Å². The number of ether oxygens (including phenoxy) is 2. The number of thioether (sulfide) groups is 1. The lowest BCUT2D eigenvalue weighted by atomic mass is 10.2. The maximum Gasteiger partial charge on any atom is 0.244 e. The van der Waals surface area contributed by atoms with Gasteiger partial charge in [-0.3, -0.25) is 4.79 Å². The fraction of sp³-hybridized carbons (Fsp3) is 0.333. The number of nitrogens with one attached hydrogen (secondary N) is 2. The second-order valence-electron chi connectivity index (χ2n) is 7.20. The average molecular weight is 441 g/mol. The first-order valence-electron chi connectivity index (χ1n) is 9.93. The highest BCUT2D eigenvalue weighted by atomic mass is 32.2. The van der Waals surface area contributed by atoms with Gasteiger partial charge in [0.15, 0.2) is 22.3 Å². The molecule has 1 aliphatic heterocycles. The minimum atomic E-state index is -0.185. The second kappa shape index (κ2) is 9.25. The summed E-state index contributed by atoms with van der Waals surface area (Å²) < 4.78 is 12.4. The van der Waals surface area contributed by atoms with E-state index < -0.39 is 0 Å². The Bertz CT molecular complexity index is 1130. The van der Waals surface area contributed by atoms with Crippen molar-refractivity contribution in [2.45, 2.75) is 31.6 Å². The van der Waals surface area contributed by atoms with Gasteiger partial charge >= 0.3 is 0 Å². The van der Waals surface area contributed by atoms with Crippen LogP contribution in [0, 0.1) is 0 Å². The number of carbonyl (C=O) groups is 1. The number of rotatable bonds is 8. The van der Waals surface area contributed by atoms with E-state index in [2.05, 4.69) is 39.5 Å². The predicted octanol–water partition coefficient (Wildman–Crippen LogP) is 2.93. The van der Waals surface area contributed by atoms with Gasteiger partial charge in [-0.1, -0.05) is 17.8 Å². The third-order valence-electron chi connectivity index (χ3n) is 4.53. The Hall–Kier alpha value is -3.27. The first kappa shape index (κ1) is 21.0. The summed E-state index contributed by atoms with van der Waals surface area (Å²) in [7, 11) is 0. The summed E-state index contributed by atoms with van der Waals surface area (Å²) in [6, 6.07) is 5.79. The number of amides is 1. The van der Waals surface area contributed by atoms with Crippen LogP contribution in [0.2, 0.25) is 0 Å². The molecule has 0 unspecified atom stereocenters. The molecule has 0 saturated heterocycles. The summed E-state index contributed by atoms with van der Waals surface area (Å²) >= 11 is 1.48. The van der Waals surface area contributed by atoms with Gasteiger partial charge in [-0.2, -0.15) is 5.10 Å². The molecule has 3 aromatic rings. The molecule has 162 valence electrons. The topological polar surface area (TPSA) is 103 Å². The van der Waals surface area contributed by atoms with Gasteiger partial charge in [0.2, 0.25) is 12.7 Å². The highest BCUT2D eigenvalue weighted by Gasteiger charge is 2.14. The van der Waals surface area contributed by atoms with Gasteiger partial charge in [0, 0.05) is 18.7 Å². The summed E-state index contributed by atoms with van der Waals surface area (Å²) in [5.74, 6) is 1.99. The van der Waals surface area contributed by atoms with Gasteiger partial charge in [0.25, 0.3) is 0 Å². The molecule has 31 heavy (non-hydrogen) atoms. The van der Waals surface area contributed by atoms with Crippen LogP contribution < -0.4 is 20.1 Å². The van der Waals surface area contributed by atoms with Gasteiger partial charge in [-0.25, -0.2) is 14.6 Å². The van der Waals surface area contributed by atoms with Crippen molar-refractivity contribution in [3.63, 3.8) is 0 Å². The normalized spacial score (nSPS) is 12.8. The van der Waals surface area contributed by atoms with Crippen LogP contribution in [0.25, 0.3) is 17.1 Å². The zero-order valence-corrected chi connectivity index (χ0v) is 18.4. The smallest absolute Gasteiger partial charge is 0.244 e. The number of anilines is 1. The van der Waals surface area contributed by atoms with E-state index in [1.807, 2.05) is 24.5 Å². The zero-order valence-electron chi connectivity index (χ0n) is 17.6. The van der Waals surface area contributed by atoms with E-state index in [9.17, 15) is 4.79 Å². The molecule has 0 fully saturated rings. The van der Waals surface area contributed by atoms with E-state index >= 15 is 0 Å². The van der Waals surface area contributed by atoms with Crippen molar-refractivity contribution in [1.29, 1.82) is 0 Å². The molecule has 10 heteroatoms. The molecule has 1 aliphatic rings. The van der Waals surface area contributed by atoms with Crippen LogP contribution in [-0.2, 0) is 11.3 Å². The van der Waals surface area contributed by atoms with Crippen LogP contribution in [0.5, 0.6) is 11.5 Å². The summed E-state index contributed by atoms with van der Waals surface area (Å²) in [6.45, 7) is 5.27. The fourth-order valence-corrected chi connectivity index (χ4v) is 3.47. The molecule has 0 radical (unpaired) electrons. The lowest BCUT2D eigenvalue weighted by Gasteiger charge is -2.11. The zero-order chi connectivity index (χ0) is 21.8. The molecule has 2 aromatic heterocycles. The molecule has 0 saturated carbocycles. The molecule has 0 spiro atoms. The molecule has 3 heterocycles. The van der Waals surface area contributed by atoms with Crippen molar-refractivity contribution in [1.82, 2.24) is 25.1 Å². The summed E-state index contributed by atoms with van der Waals surface area (Å²) in [6.07, 6.45) is 6.93. The Labute approximate surface area is 184 Å². The standard InChI is InChI=1S/C21H24N6O3S/c1-13(2)24-19-15-11-23-27(20(15)26-21(25-19)31-3)9-8-22-18(28)7-5-14-4-6-16-17(10-14)30-12-29-16/h4-7,10-11,13H,8-9,12H2,1-3H3,(H,22,28)(H,24,25,26). The third kappa shape index (κ3) is 4.91. The van der Waals surface area contributed by atoms with Crippen molar-refractivity contribution in [2.75, 3.05) is 24.9 Å². The van der Waals surface area contributed by atoms with E-state index in [0.717, 1.165) is 22.4 Å². The van der Waals surface area contributed by atoms with E-state index in [0.29, 0.717) is 29.7 Å². The third-order valence-corrected chi connectivity index (χ3v) is 5.08. The molecule has 1 amide bonds. The molecule has 9 nitrogen and oxygen atoms in total. The maximum atomic E-state index is 12.2. The fourth-order valence-electron chi connectivity index (χ4n) is 3.11. The predicted molar refractivity (Wildman–Crippen MR) is 120 cm³/mol. The number of hydrogen-bond acceptors (Lipinski definition) is 8. The molecule has 1 aromatic carbocycles. The number of benzene rings is 1. The minimum Gasteiger partial charge on any atom is -0.454 e. The van der Waals surface area contributed by atoms with Gasteiger partial charge in [-0.05, 0) is 43.9 Å². The average Bonchev–Trinajstić information content (AvgIpc) is 3.38. The quantitative estimate of drug-likeness (QED) is 0.313. The van der Waals surface area contributed by atoms with Crippen molar-refractivity contribution in [3.8, 4) is 11.5 Å². The molecule has 0 bridgehead atoms. The van der Waals surface area contributed by atoms with E-state index in [1.54, 1.807) is 17.0 Å². The Kier molecular flexibility index (Phi) is 6.26. The SMILES string of the molecule is CSc1nc(NC(C)C)c2cnn(CCNC(=O)C=Cc3ccc4c(c3)OCO4)c2n1. The Balaban J connectivity index is 1.38. The number of carbonyl (C=O) groups excluding carboxylic acids is 1. The van der Waals surface area contributed by atoms with E-state index in [4.69, 9.17) is 9.47 Å². The van der Waals surface area contributed by atoms with Crippen molar-refractivity contribution in [2.24, 2.45) is 0 Å². The number of nitrogens with zero attached hydrogens (tertiary/aromatic N) is 4. The van der Waals surface area contributed by atoms with Crippen molar-refractivity contribution in [3.05, 3.63) is 36.0 Å². The lowest BCUT2D eigenvalue weighted by molar-refractivity contribution is -0.116. The van der Waals surface area contributed by atoms with Gasteiger partial charge in [0.1, 0.15) is 5.82 Å². The van der Waals surface area contributed by atoms with E-state index in [-0.39, 0.29) is 18.7 Å². The van der Waals surface area contributed by atoms with Crippen LogP contribution in [0.15, 0.2) is 35.6 Å². The van der Waals surface area contributed by atoms with Crippen LogP contribution in [-0.4, -0.2) is 51.3 Å². The summed E-state index contributed by atoms with van der Waals surface area (Å²) in [5.41, 5.74) is 1.61. The lowest BCUT2D eigenvalue weighted by Crippen LogP contribution is -2.25. The van der Waals surface area contributed by atoms with Gasteiger partial charge in [0.05, 0.1) is 18.1 Å². The van der Waals surface area contributed by atoms with Crippen LogP contribution >= 0.6 is 11.8 Å².